The third-order valence-corrected chi connectivity index (χ3v) is 7.07. The van der Waals surface area contributed by atoms with Gasteiger partial charge >= 0.3 is 0 Å². The topological polar surface area (TPSA) is 68.2 Å². The summed E-state index contributed by atoms with van der Waals surface area (Å²) in [5.74, 6) is 0.0810. The molecule has 0 saturated carbocycles. The number of methoxy groups -OCH3 is 2. The number of ether oxygens (including phenoxy) is 3. The predicted octanol–water partition coefficient (Wildman–Crippen LogP) is 4.72. The van der Waals surface area contributed by atoms with E-state index in [0.29, 0.717) is 16.8 Å². The fourth-order valence-corrected chi connectivity index (χ4v) is 5.18. The summed E-state index contributed by atoms with van der Waals surface area (Å²) in [5, 5.41) is 11.2. The Morgan fingerprint density at radius 3 is 2.70 bits per heavy atom. The zero-order valence-corrected chi connectivity index (χ0v) is 20.6. The van der Waals surface area contributed by atoms with Crippen molar-refractivity contribution >= 4 is 21.7 Å². The van der Waals surface area contributed by atoms with Gasteiger partial charge in [0.05, 0.1) is 10.2 Å². The Hall–Kier alpha value is -2.19. The smallest absolute Gasteiger partial charge is 0.206 e. The number of hydrogen-bond acceptors (Lipinski definition) is 6. The molecule has 0 aromatic heterocycles. The van der Waals surface area contributed by atoms with Crippen LogP contribution in [0.15, 0.2) is 75.4 Å². The maximum atomic E-state index is 13.6. The van der Waals surface area contributed by atoms with Gasteiger partial charge in [0.25, 0.3) is 0 Å². The first kappa shape index (κ1) is 24.0. The molecule has 33 heavy (non-hydrogen) atoms. The van der Waals surface area contributed by atoms with E-state index in [1.54, 1.807) is 20.3 Å². The normalized spacial score (nSPS) is 24.6. The lowest BCUT2D eigenvalue weighted by atomic mass is 9.93. The zero-order chi connectivity index (χ0) is 23.4. The molecule has 0 saturated heterocycles. The van der Waals surface area contributed by atoms with Crippen molar-refractivity contribution in [1.82, 2.24) is 4.90 Å². The second-order valence-corrected chi connectivity index (χ2v) is 9.33. The van der Waals surface area contributed by atoms with Crippen molar-refractivity contribution in [3.05, 3.63) is 81.0 Å². The number of halogens is 1. The third-order valence-electron chi connectivity index (χ3n) is 6.24. The number of benzene rings is 1. The van der Waals surface area contributed by atoms with E-state index in [9.17, 15) is 9.90 Å². The molecular formula is C26H30BrNO5. The van der Waals surface area contributed by atoms with E-state index < -0.39 is 6.10 Å². The van der Waals surface area contributed by atoms with Crippen molar-refractivity contribution in [2.75, 3.05) is 20.8 Å². The van der Waals surface area contributed by atoms with Crippen LogP contribution < -0.4 is 0 Å². The minimum absolute atomic E-state index is 0.170. The maximum absolute atomic E-state index is 13.6. The quantitative estimate of drug-likeness (QED) is 0.505. The fourth-order valence-electron chi connectivity index (χ4n) is 4.52. The zero-order valence-electron chi connectivity index (χ0n) is 19.1. The molecule has 3 aliphatic rings. The first-order chi connectivity index (χ1) is 16.0. The first-order valence-electron chi connectivity index (χ1n) is 11.3. The van der Waals surface area contributed by atoms with Gasteiger partial charge in [0.15, 0.2) is 5.76 Å². The van der Waals surface area contributed by atoms with Gasteiger partial charge in [-0.15, -0.1) is 0 Å². The molecule has 1 N–H and O–H groups in total. The molecule has 0 spiro atoms. The highest BCUT2D eigenvalue weighted by molar-refractivity contribution is 9.11. The molecule has 7 heteroatoms. The Morgan fingerprint density at radius 1 is 1.18 bits per heavy atom. The fraction of sp³-hybridized carbons (Fsp3) is 0.423. The molecule has 0 amide bonds. The van der Waals surface area contributed by atoms with Crippen LogP contribution in [-0.4, -0.2) is 48.8 Å². The third kappa shape index (κ3) is 5.17. The summed E-state index contributed by atoms with van der Waals surface area (Å²) in [6, 6.07) is 9.72. The van der Waals surface area contributed by atoms with Crippen LogP contribution in [0.5, 0.6) is 0 Å². The summed E-state index contributed by atoms with van der Waals surface area (Å²) in [7, 11) is 3.34. The molecule has 2 bridgehead atoms. The van der Waals surface area contributed by atoms with Crippen LogP contribution >= 0.6 is 15.9 Å². The van der Waals surface area contributed by atoms with Gasteiger partial charge < -0.3 is 24.2 Å². The molecule has 6 nitrogen and oxygen atoms in total. The molecule has 3 aliphatic heterocycles. The number of aliphatic hydroxyl groups excluding tert-OH is 1. The average Bonchev–Trinajstić information content (AvgIpc) is 2.88. The number of nitrogens with zero attached hydrogens (tertiary/aromatic N) is 1. The molecule has 4 rings (SSSR count). The lowest BCUT2D eigenvalue weighted by Crippen LogP contribution is -2.41. The van der Waals surface area contributed by atoms with E-state index in [1.165, 1.54) is 5.57 Å². The highest BCUT2D eigenvalue weighted by atomic mass is 79.9. The minimum atomic E-state index is -1.09. The second kappa shape index (κ2) is 10.8. The van der Waals surface area contributed by atoms with Crippen LogP contribution in [0, 0.1) is 0 Å². The minimum Gasteiger partial charge on any atom is -0.488 e. The monoisotopic (exact) mass is 515 g/mol. The molecule has 176 valence electrons. The number of allylic oxidation sites excluding steroid dienone is 2. The van der Waals surface area contributed by atoms with Crippen LogP contribution in [0.4, 0.5) is 0 Å². The number of hydrogen-bond donors (Lipinski definition) is 1. The van der Waals surface area contributed by atoms with Crippen LogP contribution in [0.1, 0.15) is 37.7 Å². The van der Waals surface area contributed by atoms with Crippen LogP contribution in [0.3, 0.4) is 0 Å². The van der Waals surface area contributed by atoms with Crippen LogP contribution in [-0.2, 0) is 25.6 Å². The Balaban J connectivity index is 1.76. The largest absolute Gasteiger partial charge is 0.488 e. The van der Waals surface area contributed by atoms with Gasteiger partial charge in [0, 0.05) is 33.4 Å². The van der Waals surface area contributed by atoms with Crippen molar-refractivity contribution in [2.45, 2.75) is 50.9 Å². The number of rotatable bonds is 8. The van der Waals surface area contributed by atoms with Gasteiger partial charge in [-0.25, -0.2) is 0 Å². The van der Waals surface area contributed by atoms with E-state index in [2.05, 4.69) is 15.9 Å². The summed E-state index contributed by atoms with van der Waals surface area (Å²) < 4.78 is 17.7. The molecule has 3 heterocycles. The number of carbonyl (C=O) groups is 1. The van der Waals surface area contributed by atoms with Crippen molar-refractivity contribution in [1.29, 1.82) is 0 Å². The molecule has 1 aromatic rings. The SMILES string of the molecule is COCCC/C1=C/C(=O)C2=C(OCc3ccccc3)C(O)C(Br)=C3C(OC)CC(=CN23)CC1. The van der Waals surface area contributed by atoms with Crippen molar-refractivity contribution in [2.24, 2.45) is 0 Å². The summed E-state index contributed by atoms with van der Waals surface area (Å²) in [5.41, 5.74) is 4.34. The van der Waals surface area contributed by atoms with E-state index >= 15 is 0 Å². The predicted molar refractivity (Wildman–Crippen MR) is 129 cm³/mol. The van der Waals surface area contributed by atoms with Gasteiger partial charge in [-0.3, -0.25) is 4.79 Å². The Morgan fingerprint density at radius 2 is 1.97 bits per heavy atom. The average molecular weight is 516 g/mol. The Kier molecular flexibility index (Phi) is 7.86. The Labute approximate surface area is 203 Å². The van der Waals surface area contributed by atoms with Crippen molar-refractivity contribution in [3.63, 3.8) is 0 Å². The molecule has 2 unspecified atom stereocenters. The van der Waals surface area contributed by atoms with Gasteiger partial charge in [-0.05, 0) is 37.3 Å². The first-order valence-corrected chi connectivity index (χ1v) is 12.1. The molecule has 0 fully saturated rings. The highest BCUT2D eigenvalue weighted by Crippen LogP contribution is 2.43. The number of carbonyl (C=O) groups excluding carboxylic acids is 1. The molecule has 2 atom stereocenters. The summed E-state index contributed by atoms with van der Waals surface area (Å²) in [6.07, 6.45) is 6.42. The van der Waals surface area contributed by atoms with Gasteiger partial charge in [-0.1, -0.05) is 57.4 Å². The van der Waals surface area contributed by atoms with Crippen LogP contribution in [0.25, 0.3) is 0 Å². The highest BCUT2D eigenvalue weighted by Gasteiger charge is 2.42. The van der Waals surface area contributed by atoms with Gasteiger partial charge in [0.1, 0.15) is 24.5 Å². The molecular weight excluding hydrogens is 486 g/mol. The van der Waals surface area contributed by atoms with E-state index in [0.717, 1.165) is 48.9 Å². The standard InChI is InChI=1S/C26H30BrNO5/c1-31-12-6-9-17-10-11-19-14-21(32-2)24-22(27)25(30)26(23(20(29)13-17)28(24)15-19)33-16-18-7-4-3-5-8-18/h3-5,7-8,13,15,21,25,30H,6,9-12,14,16H2,1-2H3/b17-13-. The number of aliphatic hydroxyl groups is 1. The molecule has 1 aromatic carbocycles. The van der Waals surface area contributed by atoms with E-state index in [-0.39, 0.29) is 24.3 Å². The molecule has 0 aliphatic carbocycles. The van der Waals surface area contributed by atoms with E-state index in [4.69, 9.17) is 14.2 Å². The maximum Gasteiger partial charge on any atom is 0.206 e. The number of ketones is 1. The van der Waals surface area contributed by atoms with E-state index in [1.807, 2.05) is 41.4 Å². The van der Waals surface area contributed by atoms with Gasteiger partial charge in [0.2, 0.25) is 5.78 Å². The van der Waals surface area contributed by atoms with Crippen molar-refractivity contribution < 1.29 is 24.1 Å². The lowest BCUT2D eigenvalue weighted by Gasteiger charge is -2.40. The lowest BCUT2D eigenvalue weighted by molar-refractivity contribution is -0.113. The summed E-state index contributed by atoms with van der Waals surface area (Å²) in [4.78, 5) is 15.5. The van der Waals surface area contributed by atoms with Gasteiger partial charge in [-0.2, -0.15) is 0 Å². The van der Waals surface area contributed by atoms with Crippen molar-refractivity contribution in [3.8, 4) is 0 Å². The summed E-state index contributed by atoms with van der Waals surface area (Å²) in [6.45, 7) is 0.904. The molecule has 0 radical (unpaired) electrons. The second-order valence-electron chi connectivity index (χ2n) is 8.47. The summed E-state index contributed by atoms with van der Waals surface area (Å²) >= 11 is 3.58. The Bertz CT molecular complexity index is 1010. The van der Waals surface area contributed by atoms with Crippen LogP contribution in [0.2, 0.25) is 0 Å².